The zero-order valence-electron chi connectivity index (χ0n) is 11.3. The van der Waals surface area contributed by atoms with Gasteiger partial charge in [0, 0.05) is 25.2 Å². The van der Waals surface area contributed by atoms with Crippen LogP contribution >= 0.6 is 11.6 Å². The second kappa shape index (κ2) is 6.96. The second-order valence-corrected chi connectivity index (χ2v) is 5.00. The van der Waals surface area contributed by atoms with Crippen molar-refractivity contribution in [3.63, 3.8) is 0 Å². The van der Waals surface area contributed by atoms with E-state index >= 15 is 0 Å². The Kier molecular flexibility index (Phi) is 5.02. The summed E-state index contributed by atoms with van der Waals surface area (Å²) in [6.45, 7) is 1.01. The lowest BCUT2D eigenvalue weighted by molar-refractivity contribution is 0.206. The van der Waals surface area contributed by atoms with Crippen molar-refractivity contribution in [2.45, 2.75) is 13.1 Å². The number of urea groups is 1. The van der Waals surface area contributed by atoms with Crippen LogP contribution in [0.5, 0.6) is 0 Å². The highest BCUT2D eigenvalue weighted by Gasteiger charge is 2.09. The Morgan fingerprint density at radius 3 is 2.45 bits per heavy atom. The molecular weight excluding hydrogens is 272 g/mol. The first-order valence-corrected chi connectivity index (χ1v) is 6.81. The van der Waals surface area contributed by atoms with Crippen LogP contribution in [0.25, 0.3) is 0 Å². The third-order valence-corrected chi connectivity index (χ3v) is 3.37. The molecule has 0 atom stereocenters. The number of carbonyl (C=O) groups is 1. The van der Waals surface area contributed by atoms with E-state index in [4.69, 9.17) is 11.6 Å². The molecule has 104 valence electrons. The number of halogens is 1. The van der Waals surface area contributed by atoms with Gasteiger partial charge in [0.05, 0.1) is 0 Å². The van der Waals surface area contributed by atoms with E-state index in [2.05, 4.69) is 5.32 Å². The summed E-state index contributed by atoms with van der Waals surface area (Å²) in [6, 6.07) is 17.3. The van der Waals surface area contributed by atoms with Crippen molar-refractivity contribution < 1.29 is 4.79 Å². The maximum atomic E-state index is 12.0. The molecule has 0 saturated carbocycles. The smallest absolute Gasteiger partial charge is 0.317 e. The van der Waals surface area contributed by atoms with Gasteiger partial charge in [-0.2, -0.15) is 0 Å². The topological polar surface area (TPSA) is 32.3 Å². The Balaban J connectivity index is 1.87. The van der Waals surface area contributed by atoms with Crippen LogP contribution in [0.2, 0.25) is 5.02 Å². The predicted molar refractivity (Wildman–Crippen MR) is 81.6 cm³/mol. The number of hydrogen-bond donors (Lipinski definition) is 1. The van der Waals surface area contributed by atoms with Gasteiger partial charge in [0.15, 0.2) is 0 Å². The van der Waals surface area contributed by atoms with Gasteiger partial charge in [0.25, 0.3) is 0 Å². The third-order valence-electron chi connectivity index (χ3n) is 3.00. The Morgan fingerprint density at radius 1 is 1.10 bits per heavy atom. The molecule has 0 saturated heterocycles. The van der Waals surface area contributed by atoms with Crippen LogP contribution in [-0.4, -0.2) is 18.0 Å². The Morgan fingerprint density at radius 2 is 1.75 bits per heavy atom. The standard InChI is InChI=1S/C16H17ClN2O/c1-19(12-13-7-3-2-4-8-13)16(20)18-11-14-9-5-6-10-15(14)17/h2-10H,11-12H2,1H3,(H,18,20). The normalized spacial score (nSPS) is 10.1. The quantitative estimate of drug-likeness (QED) is 0.914. The summed E-state index contributed by atoms with van der Waals surface area (Å²) >= 11 is 6.05. The lowest BCUT2D eigenvalue weighted by Crippen LogP contribution is -2.36. The molecule has 0 radical (unpaired) electrons. The van der Waals surface area contributed by atoms with E-state index in [1.54, 1.807) is 11.9 Å². The monoisotopic (exact) mass is 288 g/mol. The molecule has 3 nitrogen and oxygen atoms in total. The summed E-state index contributed by atoms with van der Waals surface area (Å²) < 4.78 is 0. The molecule has 2 aromatic rings. The summed E-state index contributed by atoms with van der Waals surface area (Å²) in [5.41, 5.74) is 2.01. The first-order chi connectivity index (χ1) is 9.66. The number of benzene rings is 2. The minimum Gasteiger partial charge on any atom is -0.334 e. The van der Waals surface area contributed by atoms with Crippen molar-refractivity contribution in [1.82, 2.24) is 10.2 Å². The average Bonchev–Trinajstić information content (AvgIpc) is 2.47. The maximum absolute atomic E-state index is 12.0. The molecule has 0 aliphatic rings. The first-order valence-electron chi connectivity index (χ1n) is 6.43. The zero-order chi connectivity index (χ0) is 14.4. The van der Waals surface area contributed by atoms with Crippen LogP contribution in [0.1, 0.15) is 11.1 Å². The number of nitrogens with one attached hydrogen (secondary N) is 1. The SMILES string of the molecule is CN(Cc1ccccc1)C(=O)NCc1ccccc1Cl. The van der Waals surface area contributed by atoms with Crippen molar-refractivity contribution in [2.24, 2.45) is 0 Å². The molecule has 0 bridgehead atoms. The highest BCUT2D eigenvalue weighted by molar-refractivity contribution is 6.31. The molecule has 0 fully saturated rings. The molecule has 0 unspecified atom stereocenters. The minimum absolute atomic E-state index is 0.117. The van der Waals surface area contributed by atoms with E-state index < -0.39 is 0 Å². The van der Waals surface area contributed by atoms with E-state index in [9.17, 15) is 4.79 Å². The molecule has 0 aliphatic heterocycles. The highest BCUT2D eigenvalue weighted by Crippen LogP contribution is 2.14. The molecule has 20 heavy (non-hydrogen) atoms. The second-order valence-electron chi connectivity index (χ2n) is 4.59. The van der Waals surface area contributed by atoms with Gasteiger partial charge < -0.3 is 10.2 Å². The van der Waals surface area contributed by atoms with E-state index in [0.29, 0.717) is 18.1 Å². The maximum Gasteiger partial charge on any atom is 0.317 e. The molecule has 0 heterocycles. The fourth-order valence-corrected chi connectivity index (χ4v) is 2.08. The molecule has 2 rings (SSSR count). The molecule has 0 aromatic heterocycles. The van der Waals surface area contributed by atoms with Crippen molar-refractivity contribution in [1.29, 1.82) is 0 Å². The fraction of sp³-hybridized carbons (Fsp3) is 0.188. The largest absolute Gasteiger partial charge is 0.334 e. The van der Waals surface area contributed by atoms with E-state index in [1.807, 2.05) is 54.6 Å². The highest BCUT2D eigenvalue weighted by atomic mass is 35.5. The average molecular weight is 289 g/mol. The minimum atomic E-state index is -0.117. The number of carbonyl (C=O) groups excluding carboxylic acids is 1. The third kappa shape index (κ3) is 4.00. The Hall–Kier alpha value is -2.00. The first kappa shape index (κ1) is 14.4. The zero-order valence-corrected chi connectivity index (χ0v) is 12.1. The predicted octanol–water partition coefficient (Wildman–Crippen LogP) is 3.68. The van der Waals surface area contributed by atoms with Crippen LogP contribution in [-0.2, 0) is 13.1 Å². The van der Waals surface area contributed by atoms with Crippen LogP contribution in [0.4, 0.5) is 4.79 Å². The summed E-state index contributed by atoms with van der Waals surface area (Å²) in [5, 5.41) is 3.53. The fourth-order valence-electron chi connectivity index (χ4n) is 1.88. The van der Waals surface area contributed by atoms with Crippen LogP contribution in [0.15, 0.2) is 54.6 Å². The van der Waals surface area contributed by atoms with Crippen molar-refractivity contribution in [2.75, 3.05) is 7.05 Å². The molecule has 2 aromatic carbocycles. The van der Waals surface area contributed by atoms with E-state index in [1.165, 1.54) is 0 Å². The van der Waals surface area contributed by atoms with Crippen LogP contribution < -0.4 is 5.32 Å². The number of amides is 2. The lowest BCUT2D eigenvalue weighted by atomic mass is 10.2. The van der Waals surface area contributed by atoms with Gasteiger partial charge in [-0.3, -0.25) is 0 Å². The Bertz CT molecular complexity index is 572. The van der Waals surface area contributed by atoms with Gasteiger partial charge in [0.2, 0.25) is 0 Å². The Labute approximate surface area is 124 Å². The molecular formula is C16H17ClN2O. The summed E-state index contributed by atoms with van der Waals surface area (Å²) in [4.78, 5) is 13.6. The molecule has 2 amide bonds. The number of hydrogen-bond acceptors (Lipinski definition) is 1. The molecule has 0 spiro atoms. The van der Waals surface area contributed by atoms with Crippen LogP contribution in [0, 0.1) is 0 Å². The van der Waals surface area contributed by atoms with Gasteiger partial charge in [-0.15, -0.1) is 0 Å². The van der Waals surface area contributed by atoms with Gasteiger partial charge in [-0.05, 0) is 17.2 Å². The van der Waals surface area contributed by atoms with Crippen molar-refractivity contribution >= 4 is 17.6 Å². The summed E-state index contributed by atoms with van der Waals surface area (Å²) in [5.74, 6) is 0. The summed E-state index contributed by atoms with van der Waals surface area (Å²) in [6.07, 6.45) is 0. The van der Waals surface area contributed by atoms with Gasteiger partial charge in [-0.1, -0.05) is 60.1 Å². The van der Waals surface area contributed by atoms with Crippen LogP contribution in [0.3, 0.4) is 0 Å². The van der Waals surface area contributed by atoms with Gasteiger partial charge >= 0.3 is 6.03 Å². The summed E-state index contributed by atoms with van der Waals surface area (Å²) in [7, 11) is 1.77. The molecule has 0 aliphatic carbocycles. The van der Waals surface area contributed by atoms with E-state index in [0.717, 1.165) is 11.1 Å². The van der Waals surface area contributed by atoms with Crippen molar-refractivity contribution in [3.8, 4) is 0 Å². The van der Waals surface area contributed by atoms with E-state index in [-0.39, 0.29) is 6.03 Å². The van der Waals surface area contributed by atoms with Gasteiger partial charge in [-0.25, -0.2) is 4.79 Å². The molecule has 1 N–H and O–H groups in total. The molecule has 4 heteroatoms. The lowest BCUT2D eigenvalue weighted by Gasteiger charge is -2.18. The number of rotatable bonds is 4. The van der Waals surface area contributed by atoms with Gasteiger partial charge in [0.1, 0.15) is 0 Å². The number of nitrogens with zero attached hydrogens (tertiary/aromatic N) is 1. The van der Waals surface area contributed by atoms with Crippen molar-refractivity contribution in [3.05, 3.63) is 70.7 Å².